The van der Waals surface area contributed by atoms with Crippen molar-refractivity contribution in [1.82, 2.24) is 20.4 Å². The van der Waals surface area contributed by atoms with Gasteiger partial charge in [0.05, 0.1) is 6.20 Å². The zero-order chi connectivity index (χ0) is 16.0. The van der Waals surface area contributed by atoms with Crippen molar-refractivity contribution in [2.75, 3.05) is 33.4 Å². The second-order valence-electron chi connectivity index (χ2n) is 5.38. The van der Waals surface area contributed by atoms with Crippen LogP contribution in [0.5, 0.6) is 0 Å². The number of aryl methyl sites for hydroxylation is 2. The first-order valence-electron chi connectivity index (χ1n) is 8.27. The van der Waals surface area contributed by atoms with Crippen molar-refractivity contribution >= 4 is 29.9 Å². The minimum absolute atomic E-state index is 0. The molecule has 23 heavy (non-hydrogen) atoms. The summed E-state index contributed by atoms with van der Waals surface area (Å²) in [5, 5.41) is 10.9. The minimum Gasteiger partial charge on any atom is -0.381 e. The van der Waals surface area contributed by atoms with Gasteiger partial charge in [-0.05, 0) is 31.7 Å². The van der Waals surface area contributed by atoms with Crippen molar-refractivity contribution in [3.63, 3.8) is 0 Å². The van der Waals surface area contributed by atoms with E-state index in [0.29, 0.717) is 0 Å². The molecular formula is C16H32IN5O. The second kappa shape index (κ2) is 14.7. The van der Waals surface area contributed by atoms with Gasteiger partial charge in [-0.3, -0.25) is 9.67 Å². The minimum atomic E-state index is 0. The number of halogens is 1. The topological polar surface area (TPSA) is 63.5 Å². The summed E-state index contributed by atoms with van der Waals surface area (Å²) in [4.78, 5) is 4.22. The van der Waals surface area contributed by atoms with Gasteiger partial charge < -0.3 is 15.4 Å². The molecule has 0 aromatic carbocycles. The summed E-state index contributed by atoms with van der Waals surface area (Å²) in [7, 11) is 1.80. The number of aromatic nitrogens is 2. The highest BCUT2D eigenvalue weighted by molar-refractivity contribution is 14.0. The van der Waals surface area contributed by atoms with Gasteiger partial charge in [0.1, 0.15) is 0 Å². The van der Waals surface area contributed by atoms with Crippen LogP contribution in [0, 0.1) is 6.92 Å². The Morgan fingerprint density at radius 3 is 2.52 bits per heavy atom. The van der Waals surface area contributed by atoms with Crippen molar-refractivity contribution in [2.24, 2.45) is 4.99 Å². The average molecular weight is 437 g/mol. The lowest BCUT2D eigenvalue weighted by Crippen LogP contribution is -2.38. The summed E-state index contributed by atoms with van der Waals surface area (Å²) in [5.74, 6) is 0.852. The quantitative estimate of drug-likeness (QED) is 0.242. The first kappa shape index (κ1) is 22.2. The Hall–Kier alpha value is -0.830. The molecule has 0 saturated carbocycles. The molecule has 0 saturated heterocycles. The molecule has 134 valence electrons. The summed E-state index contributed by atoms with van der Waals surface area (Å²) < 4.78 is 7.50. The van der Waals surface area contributed by atoms with Gasteiger partial charge in [-0.2, -0.15) is 5.10 Å². The molecule has 0 amide bonds. The Kier molecular flexibility index (Phi) is 14.2. The molecule has 0 aliphatic rings. The van der Waals surface area contributed by atoms with Crippen molar-refractivity contribution in [2.45, 2.75) is 46.1 Å². The van der Waals surface area contributed by atoms with E-state index in [2.05, 4.69) is 40.8 Å². The summed E-state index contributed by atoms with van der Waals surface area (Å²) in [6.45, 7) is 8.59. The number of unbranched alkanes of at least 4 members (excludes halogenated alkanes) is 1. The molecule has 1 aromatic rings. The molecule has 2 N–H and O–H groups in total. The van der Waals surface area contributed by atoms with Crippen LogP contribution in [-0.2, 0) is 11.3 Å². The van der Waals surface area contributed by atoms with E-state index in [9.17, 15) is 0 Å². The molecule has 0 aliphatic heterocycles. The summed E-state index contributed by atoms with van der Waals surface area (Å²) in [5.41, 5.74) is 1.20. The number of hydrogen-bond acceptors (Lipinski definition) is 3. The maximum Gasteiger partial charge on any atom is 0.190 e. The zero-order valence-corrected chi connectivity index (χ0v) is 17.0. The van der Waals surface area contributed by atoms with Crippen LogP contribution in [0.3, 0.4) is 0 Å². The van der Waals surface area contributed by atoms with E-state index < -0.39 is 0 Å². The van der Waals surface area contributed by atoms with E-state index in [1.807, 2.05) is 10.9 Å². The fourth-order valence-corrected chi connectivity index (χ4v) is 1.99. The van der Waals surface area contributed by atoms with Crippen LogP contribution in [0.4, 0.5) is 0 Å². The summed E-state index contributed by atoms with van der Waals surface area (Å²) >= 11 is 0. The van der Waals surface area contributed by atoms with Gasteiger partial charge in [-0.25, -0.2) is 0 Å². The molecule has 1 heterocycles. The predicted molar refractivity (Wildman–Crippen MR) is 107 cm³/mol. The first-order valence-corrected chi connectivity index (χ1v) is 8.27. The van der Waals surface area contributed by atoms with Crippen molar-refractivity contribution < 1.29 is 4.74 Å². The zero-order valence-electron chi connectivity index (χ0n) is 14.7. The fourth-order valence-electron chi connectivity index (χ4n) is 1.99. The van der Waals surface area contributed by atoms with Gasteiger partial charge in [0, 0.05) is 46.1 Å². The van der Waals surface area contributed by atoms with Gasteiger partial charge in [0.25, 0.3) is 0 Å². The van der Waals surface area contributed by atoms with Crippen molar-refractivity contribution in [1.29, 1.82) is 0 Å². The monoisotopic (exact) mass is 437 g/mol. The van der Waals surface area contributed by atoms with E-state index in [1.165, 1.54) is 12.0 Å². The van der Waals surface area contributed by atoms with Crippen molar-refractivity contribution in [3.8, 4) is 0 Å². The first-order chi connectivity index (χ1) is 10.8. The van der Waals surface area contributed by atoms with Gasteiger partial charge in [0.15, 0.2) is 5.96 Å². The molecule has 1 aromatic heterocycles. The fraction of sp³-hybridized carbons (Fsp3) is 0.750. The number of guanidine groups is 1. The third-order valence-electron chi connectivity index (χ3n) is 3.24. The molecular weight excluding hydrogens is 405 g/mol. The Labute approximate surface area is 157 Å². The maximum atomic E-state index is 5.53. The summed E-state index contributed by atoms with van der Waals surface area (Å²) in [6, 6.07) is 0. The lowest BCUT2D eigenvalue weighted by Gasteiger charge is -2.12. The Morgan fingerprint density at radius 2 is 1.91 bits per heavy atom. The highest BCUT2D eigenvalue weighted by Crippen LogP contribution is 1.95. The van der Waals surface area contributed by atoms with Crippen LogP contribution in [0.15, 0.2) is 17.4 Å². The second-order valence-corrected chi connectivity index (χ2v) is 5.38. The van der Waals surface area contributed by atoms with E-state index in [0.717, 1.165) is 58.1 Å². The Bertz CT molecular complexity index is 422. The number of aliphatic imine (C=N–C) groups is 1. The predicted octanol–water partition coefficient (Wildman–Crippen LogP) is 2.57. The van der Waals surface area contributed by atoms with Crippen LogP contribution in [0.25, 0.3) is 0 Å². The van der Waals surface area contributed by atoms with Gasteiger partial charge >= 0.3 is 0 Å². The Balaban J connectivity index is 0.00000484. The molecule has 6 nitrogen and oxygen atoms in total. The Morgan fingerprint density at radius 1 is 1.22 bits per heavy atom. The molecule has 7 heteroatoms. The highest BCUT2D eigenvalue weighted by Gasteiger charge is 1.98. The molecule has 0 fully saturated rings. The van der Waals surface area contributed by atoms with E-state index >= 15 is 0 Å². The third kappa shape index (κ3) is 11.4. The number of nitrogens with one attached hydrogen (secondary N) is 2. The SMILES string of the molecule is CCCCOCCCNC(=NC)NCCCn1cc(C)cn1.I. The molecule has 0 aliphatic carbocycles. The molecule has 0 spiro atoms. The molecule has 0 unspecified atom stereocenters. The van der Waals surface area contributed by atoms with Gasteiger partial charge in [-0.1, -0.05) is 13.3 Å². The van der Waals surface area contributed by atoms with Crippen molar-refractivity contribution in [3.05, 3.63) is 18.0 Å². The third-order valence-corrected chi connectivity index (χ3v) is 3.24. The molecule has 0 atom stereocenters. The number of hydrogen-bond donors (Lipinski definition) is 2. The van der Waals surface area contributed by atoms with Crippen LogP contribution >= 0.6 is 24.0 Å². The molecule has 1 rings (SSSR count). The van der Waals surface area contributed by atoms with Crippen LogP contribution in [-0.4, -0.2) is 49.1 Å². The van der Waals surface area contributed by atoms with Gasteiger partial charge in [0.2, 0.25) is 0 Å². The van der Waals surface area contributed by atoms with E-state index in [4.69, 9.17) is 4.74 Å². The lowest BCUT2D eigenvalue weighted by atomic mass is 10.4. The lowest BCUT2D eigenvalue weighted by molar-refractivity contribution is 0.129. The number of rotatable bonds is 11. The number of nitrogens with zero attached hydrogens (tertiary/aromatic N) is 3. The van der Waals surface area contributed by atoms with Gasteiger partial charge in [-0.15, -0.1) is 24.0 Å². The maximum absolute atomic E-state index is 5.53. The summed E-state index contributed by atoms with van der Waals surface area (Å²) in [6.07, 6.45) is 8.29. The van der Waals surface area contributed by atoms with E-state index in [1.54, 1.807) is 7.05 Å². The molecule has 0 bridgehead atoms. The average Bonchev–Trinajstić information content (AvgIpc) is 2.94. The highest BCUT2D eigenvalue weighted by atomic mass is 127. The van der Waals surface area contributed by atoms with Crippen LogP contribution in [0.2, 0.25) is 0 Å². The number of ether oxygens (including phenoxy) is 1. The molecule has 0 radical (unpaired) electrons. The van der Waals surface area contributed by atoms with Crippen LogP contribution in [0.1, 0.15) is 38.2 Å². The smallest absolute Gasteiger partial charge is 0.190 e. The largest absolute Gasteiger partial charge is 0.381 e. The normalized spacial score (nSPS) is 11.2. The van der Waals surface area contributed by atoms with Crippen LogP contribution < -0.4 is 10.6 Å². The van der Waals surface area contributed by atoms with E-state index in [-0.39, 0.29) is 24.0 Å². The standard InChI is InChI=1S/C16H31N5O.HI/c1-4-5-11-22-12-7-9-19-16(17-3)18-8-6-10-21-14-15(2)13-20-21;/h13-14H,4-12H2,1-3H3,(H2,17,18,19);1H.